The molecular formula is C19H19NOS. The molecule has 0 N–H and O–H groups in total. The summed E-state index contributed by atoms with van der Waals surface area (Å²) in [6.07, 6.45) is 2.03. The summed E-state index contributed by atoms with van der Waals surface area (Å²) in [5.74, 6) is 0.196. The summed E-state index contributed by atoms with van der Waals surface area (Å²) in [7, 11) is 0. The van der Waals surface area contributed by atoms with E-state index in [-0.39, 0.29) is 11.3 Å². The Labute approximate surface area is 135 Å². The fourth-order valence-corrected chi connectivity index (χ4v) is 5.18. The Kier molecular flexibility index (Phi) is 3.26. The summed E-state index contributed by atoms with van der Waals surface area (Å²) in [6, 6.07) is 17.6. The number of benzene rings is 2. The Balaban J connectivity index is 1.84. The van der Waals surface area contributed by atoms with Crippen LogP contribution in [0.5, 0.6) is 0 Å². The first-order valence-electron chi connectivity index (χ1n) is 7.83. The normalized spacial score (nSPS) is 18.7. The van der Waals surface area contributed by atoms with Gasteiger partial charge in [0.15, 0.2) is 0 Å². The van der Waals surface area contributed by atoms with Gasteiger partial charge in [0, 0.05) is 35.2 Å². The number of carbonyl (C=O) groups is 1. The molecule has 0 unspecified atom stereocenters. The lowest BCUT2D eigenvalue weighted by Crippen LogP contribution is -2.46. The molecule has 0 aromatic heterocycles. The molecular weight excluding hydrogens is 290 g/mol. The Morgan fingerprint density at radius 3 is 1.95 bits per heavy atom. The standard InChI is InChI=1S/C19H19NOS/c1-14(21)20-12-10-19(11-13-20)15-6-2-4-8-17(15)22-18-9-5-3-7-16(18)19/h2-9H,10-13H2,1H3. The summed E-state index contributed by atoms with van der Waals surface area (Å²) >= 11 is 1.88. The highest BCUT2D eigenvalue weighted by atomic mass is 32.2. The average molecular weight is 309 g/mol. The van der Waals surface area contributed by atoms with Crippen molar-refractivity contribution in [1.82, 2.24) is 4.90 Å². The lowest BCUT2D eigenvalue weighted by molar-refractivity contribution is -0.130. The van der Waals surface area contributed by atoms with Crippen molar-refractivity contribution in [3.05, 3.63) is 59.7 Å². The molecule has 2 aliphatic heterocycles. The predicted octanol–water partition coefficient (Wildman–Crippen LogP) is 4.08. The topological polar surface area (TPSA) is 20.3 Å². The number of likely N-dealkylation sites (tertiary alicyclic amines) is 1. The summed E-state index contributed by atoms with van der Waals surface area (Å²) in [5, 5.41) is 0. The molecule has 2 nitrogen and oxygen atoms in total. The lowest BCUT2D eigenvalue weighted by Gasteiger charge is -2.46. The molecule has 2 aromatic carbocycles. The SMILES string of the molecule is CC(=O)N1CCC2(CC1)c1ccccc1Sc1ccccc12. The molecule has 2 heterocycles. The highest BCUT2D eigenvalue weighted by molar-refractivity contribution is 7.99. The summed E-state index contributed by atoms with van der Waals surface area (Å²) in [4.78, 5) is 16.4. The molecule has 1 fully saturated rings. The molecule has 22 heavy (non-hydrogen) atoms. The van der Waals surface area contributed by atoms with E-state index in [4.69, 9.17) is 0 Å². The number of rotatable bonds is 0. The third-order valence-corrected chi connectivity index (χ3v) is 6.24. The molecule has 1 spiro atoms. The summed E-state index contributed by atoms with van der Waals surface area (Å²) in [5.41, 5.74) is 2.97. The van der Waals surface area contributed by atoms with E-state index in [1.54, 1.807) is 6.92 Å². The van der Waals surface area contributed by atoms with E-state index >= 15 is 0 Å². The monoisotopic (exact) mass is 309 g/mol. The number of fused-ring (bicyclic) bond motifs is 4. The Morgan fingerprint density at radius 1 is 0.955 bits per heavy atom. The zero-order valence-corrected chi connectivity index (χ0v) is 13.5. The van der Waals surface area contributed by atoms with Crippen LogP contribution < -0.4 is 0 Å². The number of piperidine rings is 1. The van der Waals surface area contributed by atoms with Crippen LogP contribution in [-0.2, 0) is 10.2 Å². The van der Waals surface area contributed by atoms with E-state index in [1.807, 2.05) is 16.7 Å². The first-order valence-corrected chi connectivity index (χ1v) is 8.65. The molecule has 2 aliphatic rings. The second kappa shape index (κ2) is 5.17. The highest BCUT2D eigenvalue weighted by Crippen LogP contribution is 2.53. The zero-order chi connectivity index (χ0) is 15.2. The van der Waals surface area contributed by atoms with Crippen molar-refractivity contribution in [1.29, 1.82) is 0 Å². The second-order valence-corrected chi connectivity index (χ2v) is 7.27. The van der Waals surface area contributed by atoms with Gasteiger partial charge in [-0.3, -0.25) is 4.79 Å². The number of carbonyl (C=O) groups excluding carboxylic acids is 1. The third kappa shape index (κ3) is 1.99. The van der Waals surface area contributed by atoms with Gasteiger partial charge < -0.3 is 4.90 Å². The van der Waals surface area contributed by atoms with Crippen LogP contribution in [0.2, 0.25) is 0 Å². The zero-order valence-electron chi connectivity index (χ0n) is 12.7. The van der Waals surface area contributed by atoms with Crippen molar-refractivity contribution in [2.24, 2.45) is 0 Å². The van der Waals surface area contributed by atoms with Crippen molar-refractivity contribution in [2.75, 3.05) is 13.1 Å². The van der Waals surface area contributed by atoms with Crippen LogP contribution in [0.25, 0.3) is 0 Å². The molecule has 2 aromatic rings. The fourth-order valence-electron chi connectivity index (χ4n) is 3.91. The minimum Gasteiger partial charge on any atom is -0.343 e. The summed E-state index contributed by atoms with van der Waals surface area (Å²) < 4.78 is 0. The molecule has 0 radical (unpaired) electrons. The molecule has 0 bridgehead atoms. The van der Waals surface area contributed by atoms with E-state index < -0.39 is 0 Å². The highest BCUT2D eigenvalue weighted by Gasteiger charge is 2.43. The maximum atomic E-state index is 11.7. The Bertz CT molecular complexity index is 684. The molecule has 0 aliphatic carbocycles. The predicted molar refractivity (Wildman–Crippen MR) is 89.3 cm³/mol. The molecule has 1 amide bonds. The number of amides is 1. The Morgan fingerprint density at radius 2 is 1.45 bits per heavy atom. The van der Waals surface area contributed by atoms with E-state index in [2.05, 4.69) is 48.5 Å². The lowest BCUT2D eigenvalue weighted by atomic mass is 9.67. The van der Waals surface area contributed by atoms with Gasteiger partial charge in [0.25, 0.3) is 0 Å². The van der Waals surface area contributed by atoms with E-state index in [0.29, 0.717) is 0 Å². The van der Waals surface area contributed by atoms with Crippen molar-refractivity contribution in [3.8, 4) is 0 Å². The third-order valence-electron chi connectivity index (χ3n) is 5.09. The van der Waals surface area contributed by atoms with E-state index in [1.165, 1.54) is 20.9 Å². The Hall–Kier alpha value is -1.74. The molecule has 4 rings (SSSR count). The first-order chi connectivity index (χ1) is 10.7. The van der Waals surface area contributed by atoms with Gasteiger partial charge in [0.2, 0.25) is 5.91 Å². The summed E-state index contributed by atoms with van der Waals surface area (Å²) in [6.45, 7) is 3.38. The van der Waals surface area contributed by atoms with Gasteiger partial charge in [0.05, 0.1) is 0 Å². The van der Waals surface area contributed by atoms with Crippen molar-refractivity contribution < 1.29 is 4.79 Å². The van der Waals surface area contributed by atoms with Crippen LogP contribution in [0.1, 0.15) is 30.9 Å². The van der Waals surface area contributed by atoms with E-state index in [9.17, 15) is 4.79 Å². The minimum absolute atomic E-state index is 0.0738. The average Bonchev–Trinajstić information content (AvgIpc) is 2.56. The maximum Gasteiger partial charge on any atom is 0.219 e. The molecule has 3 heteroatoms. The van der Waals surface area contributed by atoms with Gasteiger partial charge in [-0.1, -0.05) is 48.2 Å². The quantitative estimate of drug-likeness (QED) is 0.731. The minimum atomic E-state index is 0.0738. The molecule has 0 atom stereocenters. The molecule has 0 saturated carbocycles. The van der Waals surface area contributed by atoms with Crippen molar-refractivity contribution >= 4 is 17.7 Å². The maximum absolute atomic E-state index is 11.7. The number of hydrogen-bond donors (Lipinski definition) is 0. The van der Waals surface area contributed by atoms with Gasteiger partial charge in [-0.15, -0.1) is 0 Å². The van der Waals surface area contributed by atoms with Crippen LogP contribution in [0.4, 0.5) is 0 Å². The van der Waals surface area contributed by atoms with Gasteiger partial charge in [-0.05, 0) is 36.1 Å². The van der Waals surface area contributed by atoms with Crippen LogP contribution >= 0.6 is 11.8 Å². The van der Waals surface area contributed by atoms with Gasteiger partial charge >= 0.3 is 0 Å². The number of hydrogen-bond acceptors (Lipinski definition) is 2. The van der Waals surface area contributed by atoms with Crippen LogP contribution in [0, 0.1) is 0 Å². The second-order valence-electron chi connectivity index (χ2n) is 6.18. The molecule has 1 saturated heterocycles. The van der Waals surface area contributed by atoms with Crippen molar-refractivity contribution in [2.45, 2.75) is 35.0 Å². The van der Waals surface area contributed by atoms with Crippen LogP contribution in [0.15, 0.2) is 58.3 Å². The first kappa shape index (κ1) is 13.9. The van der Waals surface area contributed by atoms with Gasteiger partial charge in [-0.25, -0.2) is 0 Å². The largest absolute Gasteiger partial charge is 0.343 e. The number of nitrogens with zero attached hydrogens (tertiary/aromatic N) is 1. The van der Waals surface area contributed by atoms with E-state index in [0.717, 1.165) is 25.9 Å². The van der Waals surface area contributed by atoms with Gasteiger partial charge in [0.1, 0.15) is 0 Å². The van der Waals surface area contributed by atoms with Crippen LogP contribution in [-0.4, -0.2) is 23.9 Å². The van der Waals surface area contributed by atoms with Crippen molar-refractivity contribution in [3.63, 3.8) is 0 Å². The smallest absolute Gasteiger partial charge is 0.219 e. The fraction of sp³-hybridized carbons (Fsp3) is 0.316. The molecule has 112 valence electrons. The van der Waals surface area contributed by atoms with Crippen LogP contribution in [0.3, 0.4) is 0 Å². The van der Waals surface area contributed by atoms with Gasteiger partial charge in [-0.2, -0.15) is 0 Å².